The summed E-state index contributed by atoms with van der Waals surface area (Å²) in [5, 5.41) is 3.72. The summed E-state index contributed by atoms with van der Waals surface area (Å²) >= 11 is 0. The zero-order valence-electron chi connectivity index (χ0n) is 10.2. The van der Waals surface area contributed by atoms with E-state index in [4.69, 9.17) is 4.74 Å². The summed E-state index contributed by atoms with van der Waals surface area (Å²) in [7, 11) is 1.86. The van der Waals surface area contributed by atoms with E-state index in [0.29, 0.717) is 12.1 Å². The van der Waals surface area contributed by atoms with Crippen LogP contribution in [-0.4, -0.2) is 25.8 Å². The van der Waals surface area contributed by atoms with Gasteiger partial charge < -0.3 is 10.1 Å². The molecule has 2 saturated carbocycles. The van der Waals surface area contributed by atoms with Gasteiger partial charge in [-0.3, -0.25) is 0 Å². The fourth-order valence-electron chi connectivity index (χ4n) is 2.78. The molecule has 2 fully saturated rings. The van der Waals surface area contributed by atoms with Gasteiger partial charge in [0.2, 0.25) is 0 Å². The molecule has 3 unspecified atom stereocenters. The van der Waals surface area contributed by atoms with Crippen LogP contribution in [0, 0.1) is 11.8 Å². The summed E-state index contributed by atoms with van der Waals surface area (Å²) in [6.07, 6.45) is 8.64. The van der Waals surface area contributed by atoms with Crippen molar-refractivity contribution in [3.8, 4) is 0 Å². The maximum absolute atomic E-state index is 5.55. The fraction of sp³-hybridized carbons (Fsp3) is 1.00. The van der Waals surface area contributed by atoms with Gasteiger partial charge in [-0.05, 0) is 44.1 Å². The van der Waals surface area contributed by atoms with Gasteiger partial charge >= 0.3 is 0 Å². The van der Waals surface area contributed by atoms with Crippen LogP contribution in [-0.2, 0) is 4.74 Å². The predicted octanol–water partition coefficient (Wildman–Crippen LogP) is 2.58. The lowest BCUT2D eigenvalue weighted by Gasteiger charge is -2.32. The molecule has 15 heavy (non-hydrogen) atoms. The summed E-state index contributed by atoms with van der Waals surface area (Å²) in [6.45, 7) is 3.57. The van der Waals surface area contributed by atoms with E-state index >= 15 is 0 Å². The van der Waals surface area contributed by atoms with Crippen LogP contribution in [0.2, 0.25) is 0 Å². The van der Waals surface area contributed by atoms with Gasteiger partial charge in [0, 0.05) is 13.2 Å². The average Bonchev–Trinajstić information content (AvgIpc) is 3.10. The third kappa shape index (κ3) is 3.18. The zero-order valence-corrected chi connectivity index (χ0v) is 10.2. The first-order valence-electron chi connectivity index (χ1n) is 6.57. The molecule has 0 amide bonds. The smallest absolute Gasteiger partial charge is 0.0724 e. The topological polar surface area (TPSA) is 21.3 Å². The van der Waals surface area contributed by atoms with Crippen LogP contribution < -0.4 is 5.32 Å². The van der Waals surface area contributed by atoms with Crippen molar-refractivity contribution in [2.75, 3.05) is 13.7 Å². The minimum absolute atomic E-state index is 0.463. The molecule has 0 bridgehead atoms. The molecule has 88 valence electrons. The van der Waals surface area contributed by atoms with Gasteiger partial charge in [0.1, 0.15) is 0 Å². The second-order valence-corrected chi connectivity index (χ2v) is 5.39. The van der Waals surface area contributed by atoms with Gasteiger partial charge in [-0.25, -0.2) is 0 Å². The summed E-state index contributed by atoms with van der Waals surface area (Å²) < 4.78 is 5.55. The molecule has 2 aliphatic carbocycles. The van der Waals surface area contributed by atoms with Gasteiger partial charge in [-0.1, -0.05) is 19.8 Å². The maximum Gasteiger partial charge on any atom is 0.0724 e. The van der Waals surface area contributed by atoms with Crippen molar-refractivity contribution in [3.63, 3.8) is 0 Å². The lowest BCUT2D eigenvalue weighted by molar-refractivity contribution is 0.0405. The van der Waals surface area contributed by atoms with Gasteiger partial charge in [-0.2, -0.15) is 0 Å². The first-order chi connectivity index (χ1) is 7.31. The van der Waals surface area contributed by atoms with E-state index < -0.39 is 0 Å². The van der Waals surface area contributed by atoms with Gasteiger partial charge in [0.25, 0.3) is 0 Å². The first-order valence-corrected chi connectivity index (χ1v) is 6.57. The van der Waals surface area contributed by atoms with Crippen molar-refractivity contribution in [2.24, 2.45) is 11.8 Å². The van der Waals surface area contributed by atoms with Crippen molar-refractivity contribution >= 4 is 0 Å². The lowest BCUT2D eigenvalue weighted by Crippen LogP contribution is -2.44. The summed E-state index contributed by atoms with van der Waals surface area (Å²) in [5.41, 5.74) is 0. The monoisotopic (exact) mass is 211 g/mol. The average molecular weight is 211 g/mol. The third-order valence-electron chi connectivity index (χ3n) is 4.13. The molecule has 0 saturated heterocycles. The highest BCUT2D eigenvalue weighted by molar-refractivity contribution is 4.85. The Bertz CT molecular complexity index is 191. The summed E-state index contributed by atoms with van der Waals surface area (Å²) in [6, 6.07) is 0.616. The predicted molar refractivity (Wildman–Crippen MR) is 62.9 cm³/mol. The third-order valence-corrected chi connectivity index (χ3v) is 4.13. The van der Waals surface area contributed by atoms with E-state index in [1.54, 1.807) is 0 Å². The van der Waals surface area contributed by atoms with Crippen LogP contribution in [0.5, 0.6) is 0 Å². The molecule has 0 heterocycles. The Morgan fingerprint density at radius 3 is 2.60 bits per heavy atom. The SMILES string of the molecule is COC1CCCCC1NCC(C)C1CC1. The Morgan fingerprint density at radius 2 is 1.93 bits per heavy atom. The molecule has 0 aromatic rings. The molecular weight excluding hydrogens is 186 g/mol. The molecule has 3 atom stereocenters. The highest BCUT2D eigenvalue weighted by atomic mass is 16.5. The normalized spacial score (nSPS) is 34.0. The summed E-state index contributed by atoms with van der Waals surface area (Å²) in [4.78, 5) is 0. The van der Waals surface area contributed by atoms with Gasteiger partial charge in [0.05, 0.1) is 6.10 Å². The highest BCUT2D eigenvalue weighted by Gasteiger charge is 2.30. The Kier molecular flexibility index (Phi) is 4.04. The Balaban J connectivity index is 1.71. The highest BCUT2D eigenvalue weighted by Crippen LogP contribution is 2.36. The van der Waals surface area contributed by atoms with Crippen molar-refractivity contribution in [1.82, 2.24) is 5.32 Å². The largest absolute Gasteiger partial charge is 0.380 e. The number of hydrogen-bond acceptors (Lipinski definition) is 2. The van der Waals surface area contributed by atoms with E-state index in [0.717, 1.165) is 11.8 Å². The first kappa shape index (κ1) is 11.4. The molecular formula is C13H25NO. The Hall–Kier alpha value is -0.0800. The minimum Gasteiger partial charge on any atom is -0.380 e. The van der Waals surface area contributed by atoms with Crippen LogP contribution in [0.1, 0.15) is 45.4 Å². The molecule has 2 nitrogen and oxygen atoms in total. The Labute approximate surface area is 93.8 Å². The number of nitrogens with one attached hydrogen (secondary N) is 1. The molecule has 0 aromatic carbocycles. The van der Waals surface area contributed by atoms with Gasteiger partial charge in [-0.15, -0.1) is 0 Å². The molecule has 1 N–H and O–H groups in total. The van der Waals surface area contributed by atoms with E-state index in [1.807, 2.05) is 7.11 Å². The van der Waals surface area contributed by atoms with Crippen molar-refractivity contribution in [2.45, 2.75) is 57.6 Å². The van der Waals surface area contributed by atoms with E-state index in [1.165, 1.54) is 45.1 Å². The van der Waals surface area contributed by atoms with Crippen LogP contribution in [0.4, 0.5) is 0 Å². The minimum atomic E-state index is 0.463. The molecule has 0 aliphatic heterocycles. The second-order valence-electron chi connectivity index (χ2n) is 5.39. The Morgan fingerprint density at radius 1 is 1.20 bits per heavy atom. The van der Waals surface area contributed by atoms with Crippen LogP contribution in [0.25, 0.3) is 0 Å². The zero-order chi connectivity index (χ0) is 10.7. The van der Waals surface area contributed by atoms with E-state index in [2.05, 4.69) is 12.2 Å². The standard InChI is InChI=1S/C13H25NO/c1-10(11-7-8-11)9-14-12-5-3-4-6-13(12)15-2/h10-14H,3-9H2,1-2H3. The molecule has 2 aliphatic rings. The van der Waals surface area contributed by atoms with E-state index in [9.17, 15) is 0 Å². The lowest BCUT2D eigenvalue weighted by atomic mass is 9.92. The maximum atomic E-state index is 5.55. The number of methoxy groups -OCH3 is 1. The number of ether oxygens (including phenoxy) is 1. The van der Waals surface area contributed by atoms with Crippen molar-refractivity contribution < 1.29 is 4.74 Å². The van der Waals surface area contributed by atoms with Gasteiger partial charge in [0.15, 0.2) is 0 Å². The van der Waals surface area contributed by atoms with Crippen LogP contribution >= 0.6 is 0 Å². The molecule has 2 heteroatoms. The summed E-state index contributed by atoms with van der Waals surface area (Å²) in [5.74, 6) is 1.88. The van der Waals surface area contributed by atoms with Crippen LogP contribution in [0.15, 0.2) is 0 Å². The molecule has 2 rings (SSSR count). The van der Waals surface area contributed by atoms with E-state index in [-0.39, 0.29) is 0 Å². The molecule has 0 radical (unpaired) electrons. The number of hydrogen-bond donors (Lipinski definition) is 1. The molecule has 0 spiro atoms. The quantitative estimate of drug-likeness (QED) is 0.754. The van der Waals surface area contributed by atoms with Crippen molar-refractivity contribution in [3.05, 3.63) is 0 Å². The fourth-order valence-corrected chi connectivity index (χ4v) is 2.78. The molecule has 0 aromatic heterocycles. The second kappa shape index (κ2) is 5.31. The van der Waals surface area contributed by atoms with Crippen molar-refractivity contribution in [1.29, 1.82) is 0 Å². The number of rotatable bonds is 5. The van der Waals surface area contributed by atoms with Crippen LogP contribution in [0.3, 0.4) is 0 Å².